The number of hydrogen-bond donors (Lipinski definition) is 1. The molecule has 2 aromatic rings. The molecule has 0 saturated carbocycles. The van der Waals surface area contributed by atoms with E-state index in [0.29, 0.717) is 12.1 Å². The first kappa shape index (κ1) is 30.8. The smallest absolute Gasteiger partial charge is 0.302 e. The van der Waals surface area contributed by atoms with Crippen LogP contribution in [0.2, 0.25) is 0 Å². The van der Waals surface area contributed by atoms with Crippen LogP contribution < -0.4 is 0 Å². The van der Waals surface area contributed by atoms with E-state index < -0.39 is 0 Å². The maximum atomic E-state index is 11.2. The predicted octanol–water partition coefficient (Wildman–Crippen LogP) is 6.15. The summed E-state index contributed by atoms with van der Waals surface area (Å²) in [5.74, 6) is -0.170. The highest BCUT2D eigenvalue weighted by molar-refractivity contribution is 6.40. The number of likely N-dealkylation sites (N-methyl/N-ethyl adjacent to an activating group) is 2. The highest BCUT2D eigenvalue weighted by atomic mass is 35.5. The second kappa shape index (κ2) is 14.7. The zero-order valence-corrected chi connectivity index (χ0v) is 25.4. The van der Waals surface area contributed by atoms with Gasteiger partial charge in [-0.3, -0.25) is 9.69 Å². The molecule has 0 radical (unpaired) electrons. The topological polar surface area (TPSA) is 53.0 Å². The standard InChI is InChI=1S/C17H21NO2.C15H19NO.CH2Cl2/c1-12(19)20-17-9-10-18(2)16(17)11-14-8-7-13-5-3-4-6-15(13)14;1-16-9-8-15(17)14(16)10-12-7-6-11-4-2-3-5-13(11)12;2-1-3/h3-6,8,16-17H,7,9-11H2,1-2H3;2-5,7,14-15,17H,6,8-10H2,1H3;1H2/t16-,17-;14-,15-;/m11./s1. The monoisotopic (exact) mass is 584 g/mol. The third kappa shape index (κ3) is 7.57. The molecule has 2 aliphatic heterocycles. The van der Waals surface area contributed by atoms with Crippen molar-refractivity contribution in [1.29, 1.82) is 0 Å². The molecule has 0 aromatic heterocycles. The number of aliphatic hydroxyl groups is 1. The Kier molecular flexibility index (Phi) is 11.3. The van der Waals surface area contributed by atoms with Crippen molar-refractivity contribution in [2.75, 3.05) is 32.5 Å². The minimum Gasteiger partial charge on any atom is -0.461 e. The van der Waals surface area contributed by atoms with E-state index in [4.69, 9.17) is 27.9 Å². The Labute approximate surface area is 249 Å². The largest absolute Gasteiger partial charge is 0.461 e. The molecule has 2 aromatic carbocycles. The van der Waals surface area contributed by atoms with Crippen molar-refractivity contribution in [2.45, 2.75) is 69.7 Å². The number of rotatable bonds is 5. The number of nitrogens with zero attached hydrogens (tertiary/aromatic N) is 2. The summed E-state index contributed by atoms with van der Waals surface area (Å²) in [4.78, 5) is 15.8. The first-order valence-corrected chi connectivity index (χ1v) is 15.3. The number of carbonyl (C=O) groups excluding carboxylic acids is 1. The lowest BCUT2D eigenvalue weighted by Crippen LogP contribution is -2.34. The minimum absolute atomic E-state index is 0.0335. The molecular weight excluding hydrogens is 543 g/mol. The van der Waals surface area contributed by atoms with Crippen molar-refractivity contribution >= 4 is 40.3 Å². The van der Waals surface area contributed by atoms with Crippen molar-refractivity contribution in [1.82, 2.24) is 9.80 Å². The van der Waals surface area contributed by atoms with Gasteiger partial charge in [-0.15, -0.1) is 23.2 Å². The number of esters is 1. The fraction of sp³-hybridized carbons (Fsp3) is 0.485. The van der Waals surface area contributed by atoms with Gasteiger partial charge in [0.1, 0.15) is 6.10 Å². The van der Waals surface area contributed by atoms with E-state index in [9.17, 15) is 9.90 Å². The lowest BCUT2D eigenvalue weighted by molar-refractivity contribution is -0.147. The molecule has 4 atom stereocenters. The van der Waals surface area contributed by atoms with E-state index in [0.717, 1.165) is 51.6 Å². The highest BCUT2D eigenvalue weighted by Gasteiger charge is 2.35. The molecule has 1 N–H and O–H groups in total. The molecular formula is C33H42Cl2N2O3. The predicted molar refractivity (Wildman–Crippen MR) is 166 cm³/mol. The van der Waals surface area contributed by atoms with Crippen LogP contribution in [0.5, 0.6) is 0 Å². The number of benzene rings is 2. The Hall–Kier alpha value is -2.15. The second-order valence-corrected chi connectivity index (χ2v) is 11.9. The van der Waals surface area contributed by atoms with Crippen LogP contribution in [0.25, 0.3) is 11.1 Å². The van der Waals surface area contributed by atoms with Crippen LogP contribution in [0, 0.1) is 0 Å². The van der Waals surface area contributed by atoms with Crippen LogP contribution in [0.15, 0.2) is 60.7 Å². The van der Waals surface area contributed by atoms with Crippen LogP contribution >= 0.6 is 23.2 Å². The zero-order chi connectivity index (χ0) is 28.6. The average molecular weight is 586 g/mol. The molecule has 6 rings (SSSR count). The first-order valence-electron chi connectivity index (χ1n) is 14.2. The zero-order valence-electron chi connectivity index (χ0n) is 23.9. The number of halogens is 2. The van der Waals surface area contributed by atoms with Gasteiger partial charge in [-0.25, -0.2) is 0 Å². The van der Waals surface area contributed by atoms with Gasteiger partial charge in [-0.1, -0.05) is 60.7 Å². The summed E-state index contributed by atoms with van der Waals surface area (Å²) in [7, 11) is 4.23. The molecule has 0 spiro atoms. The molecule has 0 amide bonds. The maximum absolute atomic E-state index is 11.2. The van der Waals surface area contributed by atoms with Crippen LogP contribution in [0.4, 0.5) is 0 Å². The third-order valence-corrected chi connectivity index (χ3v) is 8.59. The van der Waals surface area contributed by atoms with E-state index in [2.05, 4.69) is 84.6 Å². The third-order valence-electron chi connectivity index (χ3n) is 8.59. The molecule has 5 nitrogen and oxygen atoms in total. The van der Waals surface area contributed by atoms with Crippen LogP contribution in [0.3, 0.4) is 0 Å². The van der Waals surface area contributed by atoms with Gasteiger partial charge in [0.15, 0.2) is 0 Å². The summed E-state index contributed by atoms with van der Waals surface area (Å²) in [5, 5.41) is 10.2. The summed E-state index contributed by atoms with van der Waals surface area (Å²) in [6.45, 7) is 3.51. The molecule has 2 saturated heterocycles. The molecule has 216 valence electrons. The number of carbonyl (C=O) groups is 1. The first-order chi connectivity index (χ1) is 19.3. The van der Waals surface area contributed by atoms with Crippen molar-refractivity contribution in [2.24, 2.45) is 0 Å². The van der Waals surface area contributed by atoms with Gasteiger partial charge in [-0.2, -0.15) is 0 Å². The number of likely N-dealkylation sites (tertiary alicyclic amines) is 2. The SMILES string of the molecule is CC(=O)O[C@@H]1CCN(C)[C@@H]1CC1=CCc2ccccc21.CN1CC[C@@H](O)[C@H]1CC1=CCc2ccccc21.ClCCl. The minimum atomic E-state index is -0.170. The average Bonchev–Trinajstić information content (AvgIpc) is 3.70. The number of ether oxygens (including phenoxy) is 1. The summed E-state index contributed by atoms with van der Waals surface area (Å²) in [5.41, 5.74) is 8.41. The Morgan fingerprint density at radius 2 is 1.32 bits per heavy atom. The molecule has 7 heteroatoms. The summed E-state index contributed by atoms with van der Waals surface area (Å²) in [6.07, 6.45) is 10.4. The Morgan fingerprint density at radius 3 is 1.82 bits per heavy atom. The number of hydrogen-bond acceptors (Lipinski definition) is 5. The quantitative estimate of drug-likeness (QED) is 0.337. The van der Waals surface area contributed by atoms with E-state index in [1.165, 1.54) is 40.3 Å². The summed E-state index contributed by atoms with van der Waals surface area (Å²) in [6, 6.07) is 17.8. The van der Waals surface area contributed by atoms with E-state index >= 15 is 0 Å². The van der Waals surface area contributed by atoms with Gasteiger partial charge in [-0.05, 0) is 86.0 Å². The molecule has 2 fully saturated rings. The number of fused-ring (bicyclic) bond motifs is 2. The Bertz CT molecular complexity index is 1200. The fourth-order valence-electron chi connectivity index (χ4n) is 6.44. The highest BCUT2D eigenvalue weighted by Crippen LogP contribution is 2.35. The van der Waals surface area contributed by atoms with Gasteiger partial charge in [0.25, 0.3) is 0 Å². The van der Waals surface area contributed by atoms with Crippen LogP contribution in [-0.4, -0.2) is 77.7 Å². The van der Waals surface area contributed by atoms with Gasteiger partial charge in [0, 0.05) is 26.1 Å². The lowest BCUT2D eigenvalue weighted by Gasteiger charge is -2.25. The number of aliphatic hydroxyl groups excluding tert-OH is 1. The van der Waals surface area contributed by atoms with Crippen molar-refractivity contribution in [3.05, 3.63) is 82.9 Å². The lowest BCUT2D eigenvalue weighted by atomic mass is 9.97. The number of allylic oxidation sites excluding steroid dienone is 2. The van der Waals surface area contributed by atoms with E-state index in [1.807, 2.05) is 0 Å². The number of alkyl halides is 2. The molecule has 2 heterocycles. The van der Waals surface area contributed by atoms with Crippen molar-refractivity contribution < 1.29 is 14.6 Å². The normalized spacial score (nSPS) is 25.1. The molecule has 40 heavy (non-hydrogen) atoms. The fourth-order valence-corrected chi connectivity index (χ4v) is 6.44. The van der Waals surface area contributed by atoms with E-state index in [-0.39, 0.29) is 23.5 Å². The second-order valence-electron chi connectivity index (χ2n) is 11.1. The van der Waals surface area contributed by atoms with E-state index in [1.54, 1.807) is 0 Å². The van der Waals surface area contributed by atoms with Gasteiger partial charge >= 0.3 is 5.97 Å². The summed E-state index contributed by atoms with van der Waals surface area (Å²) < 4.78 is 5.48. The van der Waals surface area contributed by atoms with Crippen LogP contribution in [0.1, 0.15) is 54.9 Å². The molecule has 2 aliphatic carbocycles. The summed E-state index contributed by atoms with van der Waals surface area (Å²) >= 11 is 9.53. The van der Waals surface area contributed by atoms with Gasteiger partial charge < -0.3 is 14.7 Å². The van der Waals surface area contributed by atoms with Gasteiger partial charge in [0.2, 0.25) is 0 Å². The van der Waals surface area contributed by atoms with Crippen molar-refractivity contribution in [3.63, 3.8) is 0 Å². The Morgan fingerprint density at radius 1 is 0.850 bits per heavy atom. The van der Waals surface area contributed by atoms with Crippen LogP contribution in [-0.2, 0) is 22.4 Å². The molecule has 0 unspecified atom stereocenters. The maximum Gasteiger partial charge on any atom is 0.302 e. The molecule has 4 aliphatic rings. The Balaban J connectivity index is 0.000000170. The van der Waals surface area contributed by atoms with Crippen molar-refractivity contribution in [3.8, 4) is 0 Å². The molecule has 0 bridgehead atoms. The van der Waals surface area contributed by atoms with Gasteiger partial charge in [0.05, 0.1) is 17.5 Å².